The van der Waals surface area contributed by atoms with Gasteiger partial charge in [-0.1, -0.05) is 0 Å². The number of H-pyrrole nitrogens is 1. The first-order valence-electron chi connectivity index (χ1n) is 6.28. The molecule has 0 saturated carbocycles. The largest absolute Gasteiger partial charge is 0.497 e. The van der Waals surface area contributed by atoms with Crippen molar-refractivity contribution in [1.29, 1.82) is 0 Å². The van der Waals surface area contributed by atoms with Gasteiger partial charge in [0.1, 0.15) is 29.2 Å². The normalized spacial score (nSPS) is 10.7. The zero-order valence-electron chi connectivity index (χ0n) is 11.3. The van der Waals surface area contributed by atoms with Gasteiger partial charge in [0.2, 0.25) is 0 Å². The van der Waals surface area contributed by atoms with Crippen LogP contribution in [0.1, 0.15) is 6.92 Å². The number of fused-ring (bicyclic) bond motifs is 1. The lowest BCUT2D eigenvalue weighted by Crippen LogP contribution is -1.96. The van der Waals surface area contributed by atoms with Crippen LogP contribution in [0.2, 0.25) is 0 Å². The molecular weight excluding hydrogens is 256 g/mol. The Hall–Kier alpha value is -2.63. The molecule has 0 radical (unpaired) electrons. The van der Waals surface area contributed by atoms with Crippen molar-refractivity contribution in [2.75, 3.05) is 13.7 Å². The lowest BCUT2D eigenvalue weighted by atomic mass is 10.2. The van der Waals surface area contributed by atoms with E-state index >= 15 is 0 Å². The third kappa shape index (κ3) is 2.16. The maximum absolute atomic E-state index is 5.65. The smallest absolute Gasteiger partial charge is 0.161 e. The van der Waals surface area contributed by atoms with Crippen molar-refractivity contribution in [1.82, 2.24) is 19.9 Å². The third-order valence-electron chi connectivity index (χ3n) is 2.91. The molecule has 1 N–H and O–H groups in total. The average Bonchev–Trinajstić information content (AvgIpc) is 2.91. The standard InChI is InChI=1S/C14H14N4O2/c1-3-20-12-6-9(19-2)4-5-10(12)13-17-11-7-15-8-16-14(11)18-13/h4-8H,3H2,1-2H3,(H,15,16,17,18). The zero-order chi connectivity index (χ0) is 13.9. The molecule has 0 unspecified atom stereocenters. The summed E-state index contributed by atoms with van der Waals surface area (Å²) in [6.07, 6.45) is 3.16. The number of rotatable bonds is 4. The highest BCUT2D eigenvalue weighted by molar-refractivity contribution is 5.77. The number of ether oxygens (including phenoxy) is 2. The van der Waals surface area contributed by atoms with Gasteiger partial charge in [0, 0.05) is 6.07 Å². The zero-order valence-corrected chi connectivity index (χ0v) is 11.3. The number of benzene rings is 1. The van der Waals surface area contributed by atoms with Crippen LogP contribution < -0.4 is 9.47 Å². The van der Waals surface area contributed by atoms with Gasteiger partial charge in [-0.15, -0.1) is 0 Å². The highest BCUT2D eigenvalue weighted by atomic mass is 16.5. The lowest BCUT2D eigenvalue weighted by Gasteiger charge is -2.10. The summed E-state index contributed by atoms with van der Waals surface area (Å²) < 4.78 is 10.9. The Kier molecular flexibility index (Phi) is 3.20. The second-order valence-corrected chi connectivity index (χ2v) is 4.14. The van der Waals surface area contributed by atoms with Crippen LogP contribution in [0.4, 0.5) is 0 Å². The minimum Gasteiger partial charge on any atom is -0.497 e. The second kappa shape index (κ2) is 5.16. The Morgan fingerprint density at radius 3 is 2.95 bits per heavy atom. The van der Waals surface area contributed by atoms with Crippen molar-refractivity contribution < 1.29 is 9.47 Å². The molecule has 20 heavy (non-hydrogen) atoms. The topological polar surface area (TPSA) is 72.9 Å². The Bertz CT molecular complexity index is 706. The molecule has 0 amide bonds. The summed E-state index contributed by atoms with van der Waals surface area (Å²) in [4.78, 5) is 15.7. The summed E-state index contributed by atoms with van der Waals surface area (Å²) >= 11 is 0. The van der Waals surface area contributed by atoms with Gasteiger partial charge in [0.15, 0.2) is 5.65 Å². The molecule has 0 spiro atoms. The summed E-state index contributed by atoms with van der Waals surface area (Å²) in [5, 5.41) is 0. The van der Waals surface area contributed by atoms with Crippen molar-refractivity contribution in [3.8, 4) is 22.9 Å². The third-order valence-corrected chi connectivity index (χ3v) is 2.91. The van der Waals surface area contributed by atoms with Crippen molar-refractivity contribution in [2.24, 2.45) is 0 Å². The Labute approximate surface area is 115 Å². The molecule has 6 nitrogen and oxygen atoms in total. The summed E-state index contributed by atoms with van der Waals surface area (Å²) in [7, 11) is 1.63. The predicted molar refractivity (Wildman–Crippen MR) is 74.8 cm³/mol. The minimum atomic E-state index is 0.570. The number of aromatic amines is 1. The van der Waals surface area contributed by atoms with Gasteiger partial charge in [-0.25, -0.2) is 15.0 Å². The fourth-order valence-electron chi connectivity index (χ4n) is 1.99. The fraction of sp³-hybridized carbons (Fsp3) is 0.214. The highest BCUT2D eigenvalue weighted by Gasteiger charge is 2.12. The monoisotopic (exact) mass is 270 g/mol. The van der Waals surface area contributed by atoms with E-state index in [0.717, 1.165) is 22.6 Å². The van der Waals surface area contributed by atoms with E-state index in [4.69, 9.17) is 9.47 Å². The molecule has 1 aromatic carbocycles. The van der Waals surface area contributed by atoms with E-state index in [1.165, 1.54) is 6.33 Å². The maximum Gasteiger partial charge on any atom is 0.161 e. The summed E-state index contributed by atoms with van der Waals surface area (Å²) in [6, 6.07) is 5.63. The first-order chi connectivity index (χ1) is 9.81. The van der Waals surface area contributed by atoms with Crippen LogP contribution in [0.15, 0.2) is 30.7 Å². The lowest BCUT2D eigenvalue weighted by molar-refractivity contribution is 0.337. The number of nitrogens with one attached hydrogen (secondary N) is 1. The van der Waals surface area contributed by atoms with Crippen LogP contribution in [0.3, 0.4) is 0 Å². The highest BCUT2D eigenvalue weighted by Crippen LogP contribution is 2.32. The number of hydrogen-bond acceptors (Lipinski definition) is 5. The van der Waals surface area contributed by atoms with Gasteiger partial charge >= 0.3 is 0 Å². The van der Waals surface area contributed by atoms with Crippen molar-refractivity contribution in [2.45, 2.75) is 6.92 Å². The SMILES string of the molecule is CCOc1cc(OC)ccc1-c1nc2cncnc2[nH]1. The van der Waals surface area contributed by atoms with Gasteiger partial charge in [0.05, 0.1) is 25.5 Å². The minimum absolute atomic E-state index is 0.570. The van der Waals surface area contributed by atoms with E-state index in [2.05, 4.69) is 19.9 Å². The number of nitrogens with zero attached hydrogens (tertiary/aromatic N) is 3. The van der Waals surface area contributed by atoms with E-state index in [9.17, 15) is 0 Å². The molecule has 102 valence electrons. The van der Waals surface area contributed by atoms with Crippen LogP contribution >= 0.6 is 0 Å². The molecule has 2 heterocycles. The van der Waals surface area contributed by atoms with Crippen LogP contribution in [-0.2, 0) is 0 Å². The van der Waals surface area contributed by atoms with Crippen LogP contribution in [0.5, 0.6) is 11.5 Å². The van der Waals surface area contributed by atoms with Gasteiger partial charge in [-0.05, 0) is 19.1 Å². The van der Waals surface area contributed by atoms with Gasteiger partial charge < -0.3 is 14.5 Å². The maximum atomic E-state index is 5.65. The van der Waals surface area contributed by atoms with Crippen LogP contribution in [-0.4, -0.2) is 33.7 Å². The molecule has 3 aromatic rings. The first-order valence-corrected chi connectivity index (χ1v) is 6.28. The molecular formula is C14H14N4O2. The van der Waals surface area contributed by atoms with Crippen LogP contribution in [0.25, 0.3) is 22.6 Å². The molecule has 3 rings (SSSR count). The van der Waals surface area contributed by atoms with Crippen LogP contribution in [0, 0.1) is 0 Å². The Morgan fingerprint density at radius 2 is 2.20 bits per heavy atom. The number of methoxy groups -OCH3 is 1. The van der Waals surface area contributed by atoms with E-state index < -0.39 is 0 Å². The molecule has 0 bridgehead atoms. The Morgan fingerprint density at radius 1 is 1.30 bits per heavy atom. The molecule has 0 aliphatic heterocycles. The molecule has 0 atom stereocenters. The number of imidazole rings is 1. The average molecular weight is 270 g/mol. The second-order valence-electron chi connectivity index (χ2n) is 4.14. The van der Waals surface area contributed by atoms with E-state index in [1.54, 1.807) is 13.3 Å². The molecule has 0 fully saturated rings. The number of aromatic nitrogens is 4. The Balaban J connectivity index is 2.12. The molecule has 0 aliphatic carbocycles. The predicted octanol–water partition coefficient (Wildman–Crippen LogP) is 2.43. The quantitative estimate of drug-likeness (QED) is 0.788. The first kappa shape index (κ1) is 12.4. The number of hydrogen-bond donors (Lipinski definition) is 1. The van der Waals surface area contributed by atoms with Gasteiger partial charge in [0.25, 0.3) is 0 Å². The van der Waals surface area contributed by atoms with Crippen molar-refractivity contribution in [3.05, 3.63) is 30.7 Å². The summed E-state index contributed by atoms with van der Waals surface area (Å²) in [5.74, 6) is 2.17. The van der Waals surface area contributed by atoms with Crippen molar-refractivity contribution in [3.63, 3.8) is 0 Å². The summed E-state index contributed by atoms with van der Waals surface area (Å²) in [5.41, 5.74) is 2.29. The van der Waals surface area contributed by atoms with Gasteiger partial charge in [-0.2, -0.15) is 0 Å². The van der Waals surface area contributed by atoms with Gasteiger partial charge in [-0.3, -0.25) is 0 Å². The van der Waals surface area contributed by atoms with E-state index in [1.807, 2.05) is 25.1 Å². The molecule has 2 aromatic heterocycles. The fourth-order valence-corrected chi connectivity index (χ4v) is 1.99. The molecule has 0 aliphatic rings. The van der Waals surface area contributed by atoms with Crippen molar-refractivity contribution >= 4 is 11.2 Å². The van der Waals surface area contributed by atoms with E-state index in [0.29, 0.717) is 18.1 Å². The van der Waals surface area contributed by atoms with E-state index in [-0.39, 0.29) is 0 Å². The molecule has 0 saturated heterocycles. The molecule has 6 heteroatoms. The summed E-state index contributed by atoms with van der Waals surface area (Å²) in [6.45, 7) is 2.51.